The Hall–Kier alpha value is -3.69. The van der Waals surface area contributed by atoms with Gasteiger partial charge in [0.05, 0.1) is 15.5 Å². The summed E-state index contributed by atoms with van der Waals surface area (Å²) in [5.41, 5.74) is 3.81. The van der Waals surface area contributed by atoms with Gasteiger partial charge in [-0.25, -0.2) is 31.8 Å². The van der Waals surface area contributed by atoms with E-state index in [0.29, 0.717) is 16.8 Å². The van der Waals surface area contributed by atoms with Crippen LogP contribution in [-0.2, 0) is 19.7 Å². The summed E-state index contributed by atoms with van der Waals surface area (Å²) < 4.78 is 54.7. The summed E-state index contributed by atoms with van der Waals surface area (Å²) >= 11 is 0. The first kappa shape index (κ1) is 23.1. The highest BCUT2D eigenvalue weighted by atomic mass is 32.2. The minimum absolute atomic E-state index is 0.00825. The van der Waals surface area contributed by atoms with E-state index >= 15 is 0 Å². The number of nitrogens with zero attached hydrogens (tertiary/aromatic N) is 3. The number of sulfone groups is 2. The van der Waals surface area contributed by atoms with Gasteiger partial charge >= 0.3 is 0 Å². The quantitative estimate of drug-likeness (QED) is 0.334. The molecule has 0 spiro atoms. The first-order chi connectivity index (χ1) is 16.6. The lowest BCUT2D eigenvalue weighted by Crippen LogP contribution is -2.11. The molecule has 0 atom stereocenters. The van der Waals surface area contributed by atoms with E-state index in [1.54, 1.807) is 24.3 Å². The predicted octanol–water partition coefficient (Wildman–Crippen LogP) is 4.55. The Morgan fingerprint density at radius 1 is 0.743 bits per heavy atom. The lowest BCUT2D eigenvalue weighted by molar-refractivity contribution is 0.587. The molecule has 0 fully saturated rings. The molecule has 5 rings (SSSR count). The monoisotopic (exact) mass is 503 g/mol. The summed E-state index contributed by atoms with van der Waals surface area (Å²) in [5.74, 6) is 0. The number of hydrogen-bond donors (Lipinski definition) is 0. The molecule has 0 bridgehead atoms. The molecule has 2 heterocycles. The smallest absolute Gasteiger partial charge is 0.226 e. The van der Waals surface area contributed by atoms with Crippen molar-refractivity contribution in [2.45, 2.75) is 40.6 Å². The first-order valence-corrected chi connectivity index (χ1v) is 13.7. The second kappa shape index (κ2) is 8.21. The van der Waals surface area contributed by atoms with E-state index < -0.39 is 29.7 Å². The van der Waals surface area contributed by atoms with Crippen LogP contribution in [0.25, 0.3) is 0 Å². The maximum absolute atomic E-state index is 13.8. The van der Waals surface area contributed by atoms with Crippen LogP contribution in [-0.4, -0.2) is 32.5 Å². The molecule has 0 saturated heterocycles. The standard InChI is InChI=1S/C26H21N3O4S2/c1-16-4-9-19(10-5-16)23-21-14-18(3)8-13-22(21)35(32,33)26-24(29-23)25(27-15-28-26)34(30,31)20-11-6-17(2)7-12-20/h4-15H,1-3H3. The van der Waals surface area contributed by atoms with Gasteiger partial charge in [0.1, 0.15) is 12.0 Å². The Bertz CT molecular complexity index is 1720. The molecule has 0 radical (unpaired) electrons. The predicted molar refractivity (Wildman–Crippen MR) is 132 cm³/mol. The summed E-state index contributed by atoms with van der Waals surface area (Å²) in [5, 5.41) is -0.894. The molecular formula is C26H21N3O4S2. The van der Waals surface area contributed by atoms with E-state index in [9.17, 15) is 16.8 Å². The van der Waals surface area contributed by atoms with E-state index in [1.807, 2.05) is 45.0 Å². The van der Waals surface area contributed by atoms with Crippen molar-refractivity contribution >= 4 is 31.1 Å². The SMILES string of the molecule is Cc1ccc(C2=Nc3c(S(=O)(=O)c4ccc(C)cc4)ncnc3S(=O)(=O)c3ccc(C)cc32)cc1. The third kappa shape index (κ3) is 3.86. The second-order valence-electron chi connectivity index (χ2n) is 8.48. The average molecular weight is 504 g/mol. The van der Waals surface area contributed by atoms with Crippen molar-refractivity contribution in [3.8, 4) is 0 Å². The summed E-state index contributed by atoms with van der Waals surface area (Å²) in [6.45, 7) is 5.64. The molecule has 0 unspecified atom stereocenters. The number of fused-ring (bicyclic) bond motifs is 2. The van der Waals surface area contributed by atoms with Crippen LogP contribution in [0.5, 0.6) is 0 Å². The van der Waals surface area contributed by atoms with Crippen LogP contribution < -0.4 is 0 Å². The summed E-state index contributed by atoms with van der Waals surface area (Å²) in [4.78, 5) is 12.7. The molecule has 1 aliphatic heterocycles. The highest BCUT2D eigenvalue weighted by Gasteiger charge is 2.36. The van der Waals surface area contributed by atoms with Crippen molar-refractivity contribution in [2.75, 3.05) is 0 Å². The van der Waals surface area contributed by atoms with E-state index in [4.69, 9.17) is 0 Å². The Morgan fingerprint density at radius 2 is 1.34 bits per heavy atom. The summed E-state index contributed by atoms with van der Waals surface area (Å²) in [7, 11) is -8.40. The van der Waals surface area contributed by atoms with E-state index in [1.165, 1.54) is 18.2 Å². The molecule has 3 aromatic carbocycles. The Balaban J connectivity index is 1.88. The Labute approximate surface area is 204 Å². The fraction of sp³-hybridized carbons (Fsp3) is 0.115. The van der Waals surface area contributed by atoms with E-state index in [0.717, 1.165) is 23.0 Å². The number of benzene rings is 3. The zero-order chi connectivity index (χ0) is 25.0. The highest BCUT2D eigenvalue weighted by molar-refractivity contribution is 7.92. The van der Waals surface area contributed by atoms with Crippen molar-refractivity contribution in [3.05, 3.63) is 101 Å². The van der Waals surface area contributed by atoms with Crippen molar-refractivity contribution in [1.82, 2.24) is 9.97 Å². The van der Waals surface area contributed by atoms with Gasteiger partial charge < -0.3 is 0 Å². The van der Waals surface area contributed by atoms with Gasteiger partial charge in [-0.3, -0.25) is 0 Å². The van der Waals surface area contributed by atoms with Crippen molar-refractivity contribution in [2.24, 2.45) is 4.99 Å². The number of aromatic nitrogens is 2. The van der Waals surface area contributed by atoms with Crippen LogP contribution in [0, 0.1) is 20.8 Å². The number of aryl methyl sites for hydroxylation is 3. The molecule has 7 nitrogen and oxygen atoms in total. The van der Waals surface area contributed by atoms with Crippen LogP contribution in [0.15, 0.2) is 97.9 Å². The molecule has 176 valence electrons. The van der Waals surface area contributed by atoms with Gasteiger partial charge in [-0.2, -0.15) is 0 Å². The van der Waals surface area contributed by atoms with Crippen molar-refractivity contribution in [3.63, 3.8) is 0 Å². The third-order valence-electron chi connectivity index (χ3n) is 5.82. The highest BCUT2D eigenvalue weighted by Crippen LogP contribution is 2.40. The molecule has 0 amide bonds. The maximum Gasteiger partial charge on any atom is 0.226 e. The molecule has 0 aliphatic carbocycles. The molecule has 0 saturated carbocycles. The summed E-state index contributed by atoms with van der Waals surface area (Å²) in [6, 6.07) is 18.6. The number of rotatable bonds is 3. The molecular weight excluding hydrogens is 482 g/mol. The zero-order valence-electron chi connectivity index (χ0n) is 19.2. The van der Waals surface area contributed by atoms with Gasteiger partial charge in [-0.15, -0.1) is 0 Å². The number of aliphatic imine (C=N–C) groups is 1. The number of hydrogen-bond acceptors (Lipinski definition) is 7. The van der Waals surface area contributed by atoms with Gasteiger partial charge in [0.15, 0.2) is 10.1 Å². The van der Waals surface area contributed by atoms with E-state index in [-0.39, 0.29) is 15.5 Å². The lowest BCUT2D eigenvalue weighted by Gasteiger charge is -2.11. The molecule has 1 aromatic heterocycles. The minimum atomic E-state index is -4.21. The molecule has 1 aliphatic rings. The topological polar surface area (TPSA) is 106 Å². The van der Waals surface area contributed by atoms with Gasteiger partial charge in [0.2, 0.25) is 19.7 Å². The van der Waals surface area contributed by atoms with Crippen LogP contribution in [0.2, 0.25) is 0 Å². The van der Waals surface area contributed by atoms with Crippen molar-refractivity contribution in [1.29, 1.82) is 0 Å². The Morgan fingerprint density at radius 3 is 2.00 bits per heavy atom. The van der Waals surface area contributed by atoms with Crippen LogP contribution in [0.3, 0.4) is 0 Å². The fourth-order valence-electron chi connectivity index (χ4n) is 3.94. The summed E-state index contributed by atoms with van der Waals surface area (Å²) in [6.07, 6.45) is 0.956. The van der Waals surface area contributed by atoms with E-state index in [2.05, 4.69) is 15.0 Å². The minimum Gasteiger partial charge on any atom is -0.242 e. The first-order valence-electron chi connectivity index (χ1n) is 10.8. The molecule has 9 heteroatoms. The Kier molecular flexibility index (Phi) is 5.41. The largest absolute Gasteiger partial charge is 0.242 e. The van der Waals surface area contributed by atoms with Crippen LogP contribution in [0.1, 0.15) is 27.8 Å². The van der Waals surface area contributed by atoms with Crippen LogP contribution in [0.4, 0.5) is 5.69 Å². The maximum atomic E-state index is 13.8. The second-order valence-corrected chi connectivity index (χ2v) is 12.2. The molecule has 4 aromatic rings. The van der Waals surface area contributed by atoms with Gasteiger partial charge in [-0.1, -0.05) is 59.2 Å². The zero-order valence-corrected chi connectivity index (χ0v) is 20.9. The molecule has 35 heavy (non-hydrogen) atoms. The van der Waals surface area contributed by atoms with Gasteiger partial charge in [0.25, 0.3) is 0 Å². The third-order valence-corrected chi connectivity index (χ3v) is 9.27. The van der Waals surface area contributed by atoms with Crippen LogP contribution >= 0.6 is 0 Å². The van der Waals surface area contributed by atoms with Gasteiger partial charge in [0, 0.05) is 11.1 Å². The average Bonchev–Trinajstić information content (AvgIpc) is 2.92. The van der Waals surface area contributed by atoms with Crippen molar-refractivity contribution < 1.29 is 16.8 Å². The lowest BCUT2D eigenvalue weighted by atomic mass is 9.99. The normalized spacial score (nSPS) is 14.4. The molecule has 0 N–H and O–H groups in total. The van der Waals surface area contributed by atoms with Gasteiger partial charge in [-0.05, 0) is 45.0 Å². The fourth-order valence-corrected chi connectivity index (χ4v) is 6.78.